The highest BCUT2D eigenvalue weighted by Gasteiger charge is 2.16. The van der Waals surface area contributed by atoms with Crippen LogP contribution in [0.3, 0.4) is 0 Å². The summed E-state index contributed by atoms with van der Waals surface area (Å²) in [5, 5.41) is 9.80. The van der Waals surface area contributed by atoms with Crippen molar-refractivity contribution in [3.63, 3.8) is 0 Å². The molecule has 0 spiro atoms. The van der Waals surface area contributed by atoms with Crippen molar-refractivity contribution < 1.29 is 4.74 Å². The Balaban J connectivity index is 2.38. The second kappa shape index (κ2) is 8.52. The summed E-state index contributed by atoms with van der Waals surface area (Å²) in [6, 6.07) is 9.28. The maximum Gasteiger partial charge on any atom is 0.270 e. The lowest BCUT2D eigenvalue weighted by molar-refractivity contribution is 0.282. The summed E-state index contributed by atoms with van der Waals surface area (Å²) >= 11 is 1.32. The number of rotatable bonds is 7. The molecular weight excluding hydrogens is 324 g/mol. The SMILES string of the molecule is CSc1nc(-c2ccccc2OCCCN(C)C)c(C#N)c(=O)[nH]1. The van der Waals surface area contributed by atoms with Gasteiger partial charge in [0.15, 0.2) is 5.16 Å². The van der Waals surface area contributed by atoms with Gasteiger partial charge in [-0.25, -0.2) is 4.98 Å². The molecule has 0 fully saturated rings. The van der Waals surface area contributed by atoms with E-state index in [9.17, 15) is 10.1 Å². The summed E-state index contributed by atoms with van der Waals surface area (Å²) in [4.78, 5) is 21.2. The van der Waals surface area contributed by atoms with Crippen molar-refractivity contribution in [2.45, 2.75) is 11.6 Å². The first-order valence-corrected chi connectivity index (χ1v) is 8.74. The molecule has 2 rings (SSSR count). The molecule has 1 N–H and O–H groups in total. The molecule has 126 valence electrons. The summed E-state index contributed by atoms with van der Waals surface area (Å²) < 4.78 is 5.86. The molecule has 1 aromatic heterocycles. The predicted molar refractivity (Wildman–Crippen MR) is 95.5 cm³/mol. The number of benzene rings is 1. The Labute approximate surface area is 145 Å². The normalized spacial score (nSPS) is 10.6. The van der Waals surface area contributed by atoms with Gasteiger partial charge in [0.2, 0.25) is 0 Å². The quantitative estimate of drug-likeness (QED) is 0.472. The van der Waals surface area contributed by atoms with E-state index in [-0.39, 0.29) is 5.56 Å². The van der Waals surface area contributed by atoms with E-state index in [1.54, 1.807) is 0 Å². The molecular formula is C17H20N4O2S. The van der Waals surface area contributed by atoms with Crippen molar-refractivity contribution in [3.05, 3.63) is 40.2 Å². The van der Waals surface area contributed by atoms with Gasteiger partial charge in [-0.2, -0.15) is 5.26 Å². The van der Waals surface area contributed by atoms with E-state index >= 15 is 0 Å². The second-order valence-corrected chi connectivity index (χ2v) is 6.21. The standard InChI is InChI=1S/C17H20N4O2S/c1-21(2)9-6-10-23-14-8-5-4-7-12(14)15-13(11-18)16(22)20-17(19-15)24-3/h4-5,7-8H,6,9-10H2,1-3H3,(H,19,20,22). The summed E-state index contributed by atoms with van der Waals surface area (Å²) in [6.45, 7) is 1.47. The third-order valence-electron chi connectivity index (χ3n) is 3.35. The third kappa shape index (κ3) is 4.37. The van der Waals surface area contributed by atoms with Crippen LogP contribution in [0.5, 0.6) is 5.75 Å². The average molecular weight is 344 g/mol. The van der Waals surface area contributed by atoms with Gasteiger partial charge < -0.3 is 14.6 Å². The predicted octanol–water partition coefficient (Wildman–Crippen LogP) is 2.36. The number of H-pyrrole nitrogens is 1. The lowest BCUT2D eigenvalue weighted by atomic mass is 10.1. The highest BCUT2D eigenvalue weighted by Crippen LogP contribution is 2.30. The number of thioether (sulfide) groups is 1. The molecule has 0 saturated carbocycles. The maximum absolute atomic E-state index is 12.1. The van der Waals surface area contributed by atoms with Gasteiger partial charge in [-0.3, -0.25) is 4.79 Å². The number of hydrogen-bond donors (Lipinski definition) is 1. The first-order valence-electron chi connectivity index (χ1n) is 7.52. The van der Waals surface area contributed by atoms with Gasteiger partial charge in [0.05, 0.1) is 6.61 Å². The third-order valence-corrected chi connectivity index (χ3v) is 3.93. The number of nitrogens with one attached hydrogen (secondary N) is 1. The number of hydrogen-bond acceptors (Lipinski definition) is 6. The number of nitriles is 1. The van der Waals surface area contributed by atoms with Crippen molar-refractivity contribution in [2.24, 2.45) is 0 Å². The van der Waals surface area contributed by atoms with Crippen LogP contribution in [0.2, 0.25) is 0 Å². The van der Waals surface area contributed by atoms with E-state index < -0.39 is 5.56 Å². The molecule has 0 amide bonds. The Morgan fingerprint density at radius 3 is 2.79 bits per heavy atom. The molecule has 0 saturated heterocycles. The van der Waals surface area contributed by atoms with Crippen molar-refractivity contribution >= 4 is 11.8 Å². The molecule has 1 aromatic carbocycles. The Bertz CT molecular complexity index is 796. The van der Waals surface area contributed by atoms with E-state index in [1.165, 1.54) is 11.8 Å². The number of para-hydroxylation sites is 1. The Kier molecular flexibility index (Phi) is 6.41. The fourth-order valence-electron chi connectivity index (χ4n) is 2.20. The summed E-state index contributed by atoms with van der Waals surface area (Å²) in [6.07, 6.45) is 2.70. The second-order valence-electron chi connectivity index (χ2n) is 5.41. The lowest BCUT2D eigenvalue weighted by Crippen LogP contribution is -2.16. The minimum Gasteiger partial charge on any atom is -0.493 e. The Hall–Kier alpha value is -2.30. The summed E-state index contributed by atoms with van der Waals surface area (Å²) in [5.41, 5.74) is 0.570. The molecule has 0 aliphatic rings. The van der Waals surface area contributed by atoms with Gasteiger partial charge in [-0.05, 0) is 38.9 Å². The van der Waals surface area contributed by atoms with Gasteiger partial charge >= 0.3 is 0 Å². The highest BCUT2D eigenvalue weighted by molar-refractivity contribution is 7.98. The van der Waals surface area contributed by atoms with Gasteiger partial charge in [0.25, 0.3) is 5.56 Å². The van der Waals surface area contributed by atoms with E-state index in [0.29, 0.717) is 28.8 Å². The minimum atomic E-state index is -0.436. The Morgan fingerprint density at radius 2 is 2.12 bits per heavy atom. The monoisotopic (exact) mass is 344 g/mol. The number of aromatic nitrogens is 2. The fraction of sp³-hybridized carbons (Fsp3) is 0.353. The summed E-state index contributed by atoms with van der Waals surface area (Å²) in [5.74, 6) is 0.623. The van der Waals surface area contributed by atoms with Crippen molar-refractivity contribution in [3.8, 4) is 23.1 Å². The number of ether oxygens (including phenoxy) is 1. The molecule has 1 heterocycles. The van der Waals surface area contributed by atoms with E-state index in [2.05, 4.69) is 14.9 Å². The molecule has 0 radical (unpaired) electrons. The maximum atomic E-state index is 12.1. The van der Waals surface area contributed by atoms with Crippen LogP contribution in [0.15, 0.2) is 34.2 Å². The largest absolute Gasteiger partial charge is 0.493 e. The first kappa shape index (κ1) is 18.0. The number of aromatic amines is 1. The Morgan fingerprint density at radius 1 is 1.38 bits per heavy atom. The van der Waals surface area contributed by atoms with Crippen LogP contribution >= 0.6 is 11.8 Å². The molecule has 7 heteroatoms. The van der Waals surface area contributed by atoms with Crippen LogP contribution in [-0.4, -0.2) is 48.4 Å². The van der Waals surface area contributed by atoms with Crippen molar-refractivity contribution in [1.82, 2.24) is 14.9 Å². The minimum absolute atomic E-state index is 0.00265. The molecule has 0 aliphatic carbocycles. The van der Waals surface area contributed by atoms with Crippen LogP contribution in [0.4, 0.5) is 0 Å². The topological polar surface area (TPSA) is 82.0 Å². The smallest absolute Gasteiger partial charge is 0.270 e. The average Bonchev–Trinajstić information content (AvgIpc) is 2.58. The van der Waals surface area contributed by atoms with E-state index in [4.69, 9.17) is 4.74 Å². The van der Waals surface area contributed by atoms with E-state index in [1.807, 2.05) is 50.7 Å². The molecule has 0 unspecified atom stereocenters. The van der Waals surface area contributed by atoms with Crippen LogP contribution in [-0.2, 0) is 0 Å². The molecule has 2 aromatic rings. The van der Waals surface area contributed by atoms with Gasteiger partial charge in [0, 0.05) is 12.1 Å². The van der Waals surface area contributed by atoms with Gasteiger partial charge in [-0.1, -0.05) is 23.9 Å². The zero-order valence-corrected chi connectivity index (χ0v) is 14.8. The van der Waals surface area contributed by atoms with Crippen molar-refractivity contribution in [2.75, 3.05) is 33.5 Å². The zero-order chi connectivity index (χ0) is 17.5. The lowest BCUT2D eigenvalue weighted by Gasteiger charge is -2.13. The summed E-state index contributed by atoms with van der Waals surface area (Å²) in [7, 11) is 4.02. The van der Waals surface area contributed by atoms with Crippen molar-refractivity contribution in [1.29, 1.82) is 5.26 Å². The number of nitrogens with zero attached hydrogens (tertiary/aromatic N) is 3. The van der Waals surface area contributed by atoms with Crippen LogP contribution in [0, 0.1) is 11.3 Å². The highest BCUT2D eigenvalue weighted by atomic mass is 32.2. The fourth-order valence-corrected chi connectivity index (χ4v) is 2.58. The zero-order valence-electron chi connectivity index (χ0n) is 14.0. The van der Waals surface area contributed by atoms with E-state index in [0.717, 1.165) is 13.0 Å². The molecule has 6 nitrogen and oxygen atoms in total. The van der Waals surface area contributed by atoms with Crippen LogP contribution in [0.1, 0.15) is 12.0 Å². The van der Waals surface area contributed by atoms with Crippen LogP contribution < -0.4 is 10.3 Å². The molecule has 0 aliphatic heterocycles. The van der Waals surface area contributed by atoms with Gasteiger partial charge in [0.1, 0.15) is 23.1 Å². The van der Waals surface area contributed by atoms with Gasteiger partial charge in [-0.15, -0.1) is 0 Å². The molecule has 0 bridgehead atoms. The van der Waals surface area contributed by atoms with Crippen LogP contribution in [0.25, 0.3) is 11.3 Å². The molecule has 0 atom stereocenters. The first-order chi connectivity index (χ1) is 11.6. The molecule has 24 heavy (non-hydrogen) atoms.